The van der Waals surface area contributed by atoms with Crippen molar-refractivity contribution < 1.29 is 22.4 Å². The maximum absolute atomic E-state index is 13.4. The molecule has 0 aliphatic heterocycles. The van der Waals surface area contributed by atoms with E-state index in [0.29, 0.717) is 16.3 Å². The van der Waals surface area contributed by atoms with E-state index in [1.54, 1.807) is 24.3 Å². The Kier molecular flexibility index (Phi) is 5.67. The van der Waals surface area contributed by atoms with E-state index in [-0.39, 0.29) is 17.3 Å². The predicted molar refractivity (Wildman–Crippen MR) is 111 cm³/mol. The summed E-state index contributed by atoms with van der Waals surface area (Å²) in [6, 6.07) is 16.1. The van der Waals surface area contributed by atoms with Gasteiger partial charge in [0.1, 0.15) is 5.82 Å². The molecule has 162 valence electrons. The largest absolute Gasteiger partial charge is 0.416 e. The van der Waals surface area contributed by atoms with Crippen LogP contribution >= 0.6 is 11.6 Å². The third-order valence-corrected chi connectivity index (χ3v) is 4.71. The van der Waals surface area contributed by atoms with Crippen LogP contribution in [0.3, 0.4) is 0 Å². The zero-order chi connectivity index (χ0) is 22.9. The van der Waals surface area contributed by atoms with Crippen LogP contribution in [0.2, 0.25) is 5.02 Å². The Morgan fingerprint density at radius 2 is 1.53 bits per heavy atom. The van der Waals surface area contributed by atoms with Crippen molar-refractivity contribution >= 4 is 23.2 Å². The molecule has 1 N–H and O–H groups in total. The minimum Gasteiger partial charge on any atom is -0.319 e. The molecule has 3 aromatic carbocycles. The van der Waals surface area contributed by atoms with Crippen LogP contribution in [-0.4, -0.2) is 20.7 Å². The van der Waals surface area contributed by atoms with Crippen LogP contribution in [0, 0.1) is 5.82 Å². The normalized spacial score (nSPS) is 11.4. The highest BCUT2D eigenvalue weighted by Crippen LogP contribution is 2.30. The van der Waals surface area contributed by atoms with Crippen LogP contribution in [0.25, 0.3) is 17.1 Å². The van der Waals surface area contributed by atoms with E-state index in [4.69, 9.17) is 11.6 Å². The van der Waals surface area contributed by atoms with Crippen molar-refractivity contribution in [3.63, 3.8) is 0 Å². The van der Waals surface area contributed by atoms with Crippen molar-refractivity contribution in [1.82, 2.24) is 14.8 Å². The van der Waals surface area contributed by atoms with Gasteiger partial charge in [0.05, 0.1) is 11.3 Å². The number of alkyl halides is 3. The topological polar surface area (TPSA) is 59.8 Å². The highest BCUT2D eigenvalue weighted by Gasteiger charge is 2.30. The maximum atomic E-state index is 13.4. The number of nitrogens with zero attached hydrogens (tertiary/aromatic N) is 3. The highest BCUT2D eigenvalue weighted by atomic mass is 35.5. The van der Waals surface area contributed by atoms with E-state index < -0.39 is 23.5 Å². The molecule has 0 saturated carbocycles. The van der Waals surface area contributed by atoms with Gasteiger partial charge in [0.25, 0.3) is 5.91 Å². The molecule has 0 aliphatic carbocycles. The van der Waals surface area contributed by atoms with Crippen molar-refractivity contribution in [3.8, 4) is 17.1 Å². The Labute approximate surface area is 184 Å². The van der Waals surface area contributed by atoms with Crippen LogP contribution in [-0.2, 0) is 6.18 Å². The first-order valence-electron chi connectivity index (χ1n) is 9.18. The van der Waals surface area contributed by atoms with Crippen molar-refractivity contribution in [2.75, 3.05) is 5.32 Å². The molecule has 0 bridgehead atoms. The molecule has 32 heavy (non-hydrogen) atoms. The molecule has 0 unspecified atom stereocenters. The average molecular weight is 461 g/mol. The Bertz CT molecular complexity index is 1190. The molecular formula is C22H13ClF4N4O. The fourth-order valence-corrected chi connectivity index (χ4v) is 3.01. The number of benzene rings is 3. The van der Waals surface area contributed by atoms with Gasteiger partial charge in [0.15, 0.2) is 5.82 Å². The predicted octanol–water partition coefficient (Wildman–Crippen LogP) is 6.00. The van der Waals surface area contributed by atoms with Gasteiger partial charge >= 0.3 is 6.18 Å². The Morgan fingerprint density at radius 1 is 0.906 bits per heavy atom. The molecule has 10 heteroatoms. The zero-order valence-corrected chi connectivity index (χ0v) is 16.8. The summed E-state index contributed by atoms with van der Waals surface area (Å²) in [6.07, 6.45) is -4.48. The summed E-state index contributed by atoms with van der Waals surface area (Å²) < 4.78 is 52.9. The van der Waals surface area contributed by atoms with Crippen molar-refractivity contribution in [2.24, 2.45) is 0 Å². The summed E-state index contributed by atoms with van der Waals surface area (Å²) in [5.74, 6) is -1.11. The highest BCUT2D eigenvalue weighted by molar-refractivity contribution is 6.30. The SMILES string of the molecule is O=C(Nc1ccc(C(F)(F)F)cc1)c1nc(-c2ccc(F)cc2)n(-c2ccc(Cl)cc2)n1. The molecule has 0 radical (unpaired) electrons. The summed E-state index contributed by atoms with van der Waals surface area (Å²) in [7, 11) is 0. The fraction of sp³-hybridized carbons (Fsp3) is 0.0455. The third kappa shape index (κ3) is 4.62. The molecule has 5 nitrogen and oxygen atoms in total. The third-order valence-electron chi connectivity index (χ3n) is 4.45. The summed E-state index contributed by atoms with van der Waals surface area (Å²) in [4.78, 5) is 16.9. The molecule has 0 spiro atoms. The Hall–Kier alpha value is -3.72. The number of nitrogens with one attached hydrogen (secondary N) is 1. The van der Waals surface area contributed by atoms with Gasteiger partial charge in [0.2, 0.25) is 5.82 Å². The summed E-state index contributed by atoms with van der Waals surface area (Å²) >= 11 is 5.94. The Balaban J connectivity index is 1.68. The summed E-state index contributed by atoms with van der Waals surface area (Å²) in [5.41, 5.74) is 0.366. The minimum atomic E-state index is -4.48. The van der Waals surface area contributed by atoms with E-state index >= 15 is 0 Å². The first-order chi connectivity index (χ1) is 15.2. The zero-order valence-electron chi connectivity index (χ0n) is 16.1. The molecule has 4 rings (SSSR count). The first-order valence-corrected chi connectivity index (χ1v) is 9.56. The Morgan fingerprint density at radius 3 is 2.12 bits per heavy atom. The quantitative estimate of drug-likeness (QED) is 0.380. The molecular weight excluding hydrogens is 448 g/mol. The van der Waals surface area contributed by atoms with Gasteiger partial charge in [-0.05, 0) is 72.8 Å². The smallest absolute Gasteiger partial charge is 0.319 e. The molecule has 4 aromatic rings. The van der Waals surface area contributed by atoms with Crippen LogP contribution in [0.1, 0.15) is 16.2 Å². The van der Waals surface area contributed by atoms with Gasteiger partial charge in [-0.3, -0.25) is 4.79 Å². The summed E-state index contributed by atoms with van der Waals surface area (Å²) in [5, 5.41) is 7.21. The number of hydrogen-bond acceptors (Lipinski definition) is 3. The number of carbonyl (C=O) groups is 1. The van der Waals surface area contributed by atoms with Gasteiger partial charge in [-0.25, -0.2) is 14.1 Å². The molecule has 1 aromatic heterocycles. The van der Waals surface area contributed by atoms with E-state index in [0.717, 1.165) is 24.3 Å². The number of aromatic nitrogens is 3. The molecule has 0 atom stereocenters. The van der Waals surface area contributed by atoms with Gasteiger partial charge in [-0.1, -0.05) is 11.6 Å². The number of anilines is 1. The molecule has 1 heterocycles. The molecule has 0 fully saturated rings. The van der Waals surface area contributed by atoms with E-state index in [1.807, 2.05) is 0 Å². The molecule has 0 aliphatic rings. The lowest BCUT2D eigenvalue weighted by Gasteiger charge is -2.07. The number of rotatable bonds is 4. The second-order valence-corrected chi connectivity index (χ2v) is 7.12. The second kappa shape index (κ2) is 8.43. The number of hydrogen-bond donors (Lipinski definition) is 1. The average Bonchev–Trinajstić information content (AvgIpc) is 3.20. The van der Waals surface area contributed by atoms with E-state index in [1.165, 1.54) is 28.9 Å². The van der Waals surface area contributed by atoms with Crippen LogP contribution in [0.15, 0.2) is 72.8 Å². The van der Waals surface area contributed by atoms with Crippen LogP contribution < -0.4 is 5.32 Å². The van der Waals surface area contributed by atoms with Crippen LogP contribution in [0.5, 0.6) is 0 Å². The standard InChI is InChI=1S/C22H13ClF4N4O/c23-15-5-11-18(12-6-15)31-20(13-1-7-16(24)8-2-13)29-19(30-31)21(32)28-17-9-3-14(4-10-17)22(25,26)27/h1-12H,(H,28,32). The van der Waals surface area contributed by atoms with Crippen molar-refractivity contribution in [2.45, 2.75) is 6.18 Å². The number of halogens is 5. The fourth-order valence-electron chi connectivity index (χ4n) is 2.89. The van der Waals surface area contributed by atoms with Gasteiger partial charge in [-0.2, -0.15) is 13.2 Å². The lowest BCUT2D eigenvalue weighted by Crippen LogP contribution is -2.14. The lowest BCUT2D eigenvalue weighted by atomic mass is 10.2. The van der Waals surface area contributed by atoms with Crippen molar-refractivity contribution in [3.05, 3.63) is 95.0 Å². The van der Waals surface area contributed by atoms with Gasteiger partial charge in [0, 0.05) is 16.3 Å². The summed E-state index contributed by atoms with van der Waals surface area (Å²) in [6.45, 7) is 0. The molecule has 0 saturated heterocycles. The maximum Gasteiger partial charge on any atom is 0.416 e. The van der Waals surface area contributed by atoms with Crippen LogP contribution in [0.4, 0.5) is 23.2 Å². The number of amides is 1. The van der Waals surface area contributed by atoms with Gasteiger partial charge in [-0.15, -0.1) is 5.10 Å². The lowest BCUT2D eigenvalue weighted by molar-refractivity contribution is -0.137. The monoisotopic (exact) mass is 460 g/mol. The van der Waals surface area contributed by atoms with Gasteiger partial charge < -0.3 is 5.32 Å². The number of carbonyl (C=O) groups excluding carboxylic acids is 1. The minimum absolute atomic E-state index is 0.147. The van der Waals surface area contributed by atoms with E-state index in [2.05, 4.69) is 15.4 Å². The van der Waals surface area contributed by atoms with Crippen molar-refractivity contribution in [1.29, 1.82) is 0 Å². The molecule has 1 amide bonds. The first kappa shape index (κ1) is 21.5. The second-order valence-electron chi connectivity index (χ2n) is 6.68. The van der Waals surface area contributed by atoms with E-state index in [9.17, 15) is 22.4 Å².